The highest BCUT2D eigenvalue weighted by atomic mass is 16.5. The van der Waals surface area contributed by atoms with Crippen molar-refractivity contribution < 1.29 is 4.74 Å². The summed E-state index contributed by atoms with van der Waals surface area (Å²) in [6.07, 6.45) is 6.83. The van der Waals surface area contributed by atoms with Crippen molar-refractivity contribution >= 4 is 11.8 Å². The molecule has 1 aliphatic heterocycles. The second-order valence-electron chi connectivity index (χ2n) is 4.66. The number of hydrogen-bond donors (Lipinski definition) is 0. The minimum atomic E-state index is 0.853. The van der Waals surface area contributed by atoms with Gasteiger partial charge < -0.3 is 4.74 Å². The zero-order valence-corrected chi connectivity index (χ0v) is 11.4. The first kappa shape index (κ1) is 12.6. The summed E-state index contributed by atoms with van der Waals surface area (Å²) >= 11 is 0. The molecule has 0 amide bonds. The molecule has 2 aromatic rings. The number of ether oxygens (including phenoxy) is 1. The lowest BCUT2D eigenvalue weighted by Crippen LogP contribution is -2.00. The van der Waals surface area contributed by atoms with Crippen LogP contribution >= 0.6 is 0 Å². The Kier molecular flexibility index (Phi) is 3.59. The van der Waals surface area contributed by atoms with Crippen molar-refractivity contribution in [3.05, 3.63) is 65.5 Å². The highest BCUT2D eigenvalue weighted by Crippen LogP contribution is 2.22. The second-order valence-corrected chi connectivity index (χ2v) is 4.66. The molecular formula is C17H16N2O. The summed E-state index contributed by atoms with van der Waals surface area (Å²) in [5.41, 5.74) is 4.58. The molecule has 1 aromatic heterocycles. The average Bonchev–Trinajstić information content (AvgIpc) is 2.97. The zero-order valence-electron chi connectivity index (χ0n) is 11.4. The van der Waals surface area contributed by atoms with Gasteiger partial charge in [-0.15, -0.1) is 0 Å². The number of methoxy groups -OCH3 is 1. The van der Waals surface area contributed by atoms with Crippen LogP contribution in [0.25, 0.3) is 6.08 Å². The van der Waals surface area contributed by atoms with Crippen LogP contribution in [0.1, 0.15) is 17.5 Å². The molecule has 3 heteroatoms. The van der Waals surface area contributed by atoms with Crippen LogP contribution in [0, 0.1) is 0 Å². The number of aliphatic imine (C=N–C) groups is 1. The van der Waals surface area contributed by atoms with Gasteiger partial charge in [-0.05, 0) is 47.9 Å². The number of aromatic nitrogens is 1. The molecule has 2 heterocycles. The first-order chi connectivity index (χ1) is 9.86. The van der Waals surface area contributed by atoms with E-state index in [1.165, 1.54) is 11.1 Å². The molecule has 0 aliphatic carbocycles. The smallest absolute Gasteiger partial charge is 0.118 e. The van der Waals surface area contributed by atoms with Gasteiger partial charge in [0.1, 0.15) is 5.75 Å². The topological polar surface area (TPSA) is 34.5 Å². The van der Waals surface area contributed by atoms with Crippen LogP contribution in [0.15, 0.2) is 59.4 Å². The van der Waals surface area contributed by atoms with Crippen molar-refractivity contribution in [2.24, 2.45) is 4.99 Å². The highest BCUT2D eigenvalue weighted by Gasteiger charge is 2.15. The number of rotatable bonds is 3. The van der Waals surface area contributed by atoms with Crippen molar-refractivity contribution in [1.29, 1.82) is 0 Å². The average molecular weight is 264 g/mol. The minimum absolute atomic E-state index is 0.853. The summed E-state index contributed by atoms with van der Waals surface area (Å²) in [5, 5.41) is 0. The maximum Gasteiger partial charge on any atom is 0.118 e. The van der Waals surface area contributed by atoms with E-state index in [1.54, 1.807) is 13.3 Å². The zero-order chi connectivity index (χ0) is 13.8. The van der Waals surface area contributed by atoms with Gasteiger partial charge >= 0.3 is 0 Å². The Bertz CT molecular complexity index is 642. The van der Waals surface area contributed by atoms with Gasteiger partial charge in [0.05, 0.1) is 12.8 Å². The molecule has 0 atom stereocenters. The number of benzene rings is 1. The molecule has 0 radical (unpaired) electrons. The van der Waals surface area contributed by atoms with Gasteiger partial charge in [0.2, 0.25) is 0 Å². The Labute approximate surface area is 118 Å². The molecule has 0 saturated carbocycles. The Morgan fingerprint density at radius 2 is 2.00 bits per heavy atom. The molecule has 1 aliphatic rings. The Morgan fingerprint density at radius 3 is 2.70 bits per heavy atom. The van der Waals surface area contributed by atoms with Crippen molar-refractivity contribution in [2.45, 2.75) is 6.42 Å². The van der Waals surface area contributed by atoms with Gasteiger partial charge in [-0.3, -0.25) is 9.98 Å². The predicted molar refractivity (Wildman–Crippen MR) is 81.2 cm³/mol. The van der Waals surface area contributed by atoms with E-state index >= 15 is 0 Å². The third kappa shape index (κ3) is 2.62. The molecule has 3 nitrogen and oxygen atoms in total. The Morgan fingerprint density at radius 1 is 1.15 bits per heavy atom. The van der Waals surface area contributed by atoms with Crippen LogP contribution in [-0.4, -0.2) is 24.4 Å². The van der Waals surface area contributed by atoms with Gasteiger partial charge in [-0.2, -0.15) is 0 Å². The highest BCUT2D eigenvalue weighted by molar-refractivity contribution is 6.15. The standard InChI is InChI=1S/C17H16N2O/c1-20-16-6-4-13(5-7-16)11-14-8-10-19-17(14)15-3-2-9-18-12-15/h2-7,9,11-12H,8,10H2,1H3/b14-11+. The van der Waals surface area contributed by atoms with E-state index in [9.17, 15) is 0 Å². The maximum atomic E-state index is 5.18. The van der Waals surface area contributed by atoms with Crippen LogP contribution < -0.4 is 4.74 Å². The molecule has 0 bridgehead atoms. The van der Waals surface area contributed by atoms with Crippen molar-refractivity contribution in [3.63, 3.8) is 0 Å². The first-order valence-corrected chi connectivity index (χ1v) is 6.66. The third-order valence-corrected chi connectivity index (χ3v) is 3.35. The third-order valence-electron chi connectivity index (χ3n) is 3.35. The largest absolute Gasteiger partial charge is 0.497 e. The molecule has 20 heavy (non-hydrogen) atoms. The summed E-state index contributed by atoms with van der Waals surface area (Å²) in [6.45, 7) is 0.853. The van der Waals surface area contributed by atoms with Crippen LogP contribution in [0.3, 0.4) is 0 Å². The molecule has 1 aromatic carbocycles. The van der Waals surface area contributed by atoms with Gasteiger partial charge in [-0.25, -0.2) is 0 Å². The van der Waals surface area contributed by atoms with Crippen molar-refractivity contribution in [3.8, 4) is 5.75 Å². The van der Waals surface area contributed by atoms with Crippen LogP contribution in [0.5, 0.6) is 5.75 Å². The predicted octanol–water partition coefficient (Wildman–Crippen LogP) is 3.37. The molecule has 0 unspecified atom stereocenters. The summed E-state index contributed by atoms with van der Waals surface area (Å²) in [6, 6.07) is 12.1. The van der Waals surface area contributed by atoms with Crippen LogP contribution in [-0.2, 0) is 0 Å². The Hall–Kier alpha value is -2.42. The minimum Gasteiger partial charge on any atom is -0.497 e. The number of nitrogens with zero attached hydrogens (tertiary/aromatic N) is 2. The lowest BCUT2D eigenvalue weighted by Gasteiger charge is -2.04. The van der Waals surface area contributed by atoms with Crippen LogP contribution in [0.4, 0.5) is 0 Å². The fourth-order valence-electron chi connectivity index (χ4n) is 2.33. The quantitative estimate of drug-likeness (QED) is 0.852. The summed E-state index contributed by atoms with van der Waals surface area (Å²) in [7, 11) is 1.68. The molecule has 0 fully saturated rings. The second kappa shape index (κ2) is 5.70. The van der Waals surface area contributed by atoms with Gasteiger partial charge in [0, 0.05) is 24.5 Å². The fraction of sp³-hybridized carbons (Fsp3) is 0.176. The lowest BCUT2D eigenvalue weighted by molar-refractivity contribution is 0.415. The number of hydrogen-bond acceptors (Lipinski definition) is 3. The molecule has 3 rings (SSSR count). The van der Waals surface area contributed by atoms with Gasteiger partial charge in [-0.1, -0.05) is 12.1 Å². The van der Waals surface area contributed by atoms with Crippen molar-refractivity contribution in [1.82, 2.24) is 4.98 Å². The molecule has 0 spiro atoms. The normalized spacial score (nSPS) is 16.2. The summed E-state index contributed by atoms with van der Waals surface area (Å²) in [4.78, 5) is 8.77. The van der Waals surface area contributed by atoms with E-state index < -0.39 is 0 Å². The lowest BCUT2D eigenvalue weighted by atomic mass is 10.0. The maximum absolute atomic E-state index is 5.18. The molecular weight excluding hydrogens is 248 g/mol. The molecule has 0 saturated heterocycles. The van der Waals surface area contributed by atoms with Gasteiger partial charge in [0.25, 0.3) is 0 Å². The van der Waals surface area contributed by atoms with Crippen molar-refractivity contribution in [2.75, 3.05) is 13.7 Å². The molecule has 0 N–H and O–H groups in total. The summed E-state index contributed by atoms with van der Waals surface area (Å²) in [5.74, 6) is 0.875. The first-order valence-electron chi connectivity index (χ1n) is 6.66. The SMILES string of the molecule is COc1ccc(/C=C2\CCN=C2c2cccnc2)cc1. The Balaban J connectivity index is 1.89. The van der Waals surface area contributed by atoms with E-state index in [0.29, 0.717) is 0 Å². The van der Waals surface area contributed by atoms with E-state index in [-0.39, 0.29) is 0 Å². The van der Waals surface area contributed by atoms with E-state index in [4.69, 9.17) is 4.74 Å². The number of pyridine rings is 1. The fourth-order valence-corrected chi connectivity index (χ4v) is 2.33. The monoisotopic (exact) mass is 264 g/mol. The summed E-state index contributed by atoms with van der Waals surface area (Å²) < 4.78 is 5.18. The van der Waals surface area contributed by atoms with E-state index in [0.717, 1.165) is 30.0 Å². The van der Waals surface area contributed by atoms with Gasteiger partial charge in [0.15, 0.2) is 0 Å². The van der Waals surface area contributed by atoms with E-state index in [1.807, 2.05) is 24.4 Å². The molecule has 100 valence electrons. The van der Waals surface area contributed by atoms with Crippen LogP contribution in [0.2, 0.25) is 0 Å². The van der Waals surface area contributed by atoms with E-state index in [2.05, 4.69) is 34.3 Å².